The van der Waals surface area contributed by atoms with Gasteiger partial charge in [0, 0.05) is 19.7 Å². The first-order chi connectivity index (χ1) is 10.2. The number of amides is 1. The zero-order chi connectivity index (χ0) is 15.1. The summed E-state index contributed by atoms with van der Waals surface area (Å²) in [6.07, 6.45) is 6.41. The minimum atomic E-state index is 0.0633. The van der Waals surface area contributed by atoms with Crippen molar-refractivity contribution in [1.29, 1.82) is 0 Å². The number of thioether (sulfide) groups is 1. The molecule has 1 aliphatic rings. The van der Waals surface area contributed by atoms with E-state index in [2.05, 4.69) is 22.1 Å². The second-order valence-electron chi connectivity index (χ2n) is 5.07. The minimum Gasteiger partial charge on any atom is -0.377 e. The van der Waals surface area contributed by atoms with Crippen molar-refractivity contribution in [2.45, 2.75) is 50.0 Å². The number of allylic oxidation sites excluding steroid dienone is 1. The van der Waals surface area contributed by atoms with Crippen molar-refractivity contribution in [2.75, 3.05) is 12.9 Å². The van der Waals surface area contributed by atoms with E-state index in [-0.39, 0.29) is 5.91 Å². The maximum Gasteiger partial charge on any atom is 0.230 e. The Hall–Kier alpha value is -1.34. The first-order valence-electron chi connectivity index (χ1n) is 7.18. The molecule has 1 heterocycles. The fraction of sp³-hybridized carbons (Fsp3) is 0.643. The van der Waals surface area contributed by atoms with Crippen molar-refractivity contribution < 1.29 is 9.53 Å². The summed E-state index contributed by atoms with van der Waals surface area (Å²) in [6.45, 7) is 4.74. The molecule has 0 aliphatic heterocycles. The molecule has 0 spiro atoms. The summed E-state index contributed by atoms with van der Waals surface area (Å²) in [5, 5.41) is 12.0. The van der Waals surface area contributed by atoms with Crippen molar-refractivity contribution in [3.8, 4) is 0 Å². The normalized spacial score (nSPS) is 15.3. The van der Waals surface area contributed by atoms with Crippen LogP contribution in [0.5, 0.6) is 0 Å². The summed E-state index contributed by atoms with van der Waals surface area (Å²) in [6, 6.07) is 0.355. The number of hydrogen-bond acceptors (Lipinski definition) is 5. The van der Waals surface area contributed by atoms with Gasteiger partial charge in [-0.25, -0.2) is 0 Å². The summed E-state index contributed by atoms with van der Waals surface area (Å²) in [4.78, 5) is 11.9. The van der Waals surface area contributed by atoms with Crippen LogP contribution in [0.4, 0.5) is 0 Å². The fourth-order valence-electron chi connectivity index (χ4n) is 2.44. The van der Waals surface area contributed by atoms with E-state index in [4.69, 9.17) is 4.74 Å². The average Bonchev–Trinajstić information content (AvgIpc) is 3.09. The van der Waals surface area contributed by atoms with Gasteiger partial charge in [0.25, 0.3) is 0 Å². The highest BCUT2D eigenvalue weighted by Crippen LogP contribution is 2.20. The maximum atomic E-state index is 11.9. The summed E-state index contributed by atoms with van der Waals surface area (Å²) in [5.74, 6) is 1.17. The Morgan fingerprint density at radius 2 is 2.29 bits per heavy atom. The van der Waals surface area contributed by atoms with Gasteiger partial charge in [-0.15, -0.1) is 16.8 Å². The summed E-state index contributed by atoms with van der Waals surface area (Å²) < 4.78 is 7.02. The van der Waals surface area contributed by atoms with Gasteiger partial charge in [-0.05, 0) is 12.8 Å². The molecule has 7 heteroatoms. The van der Waals surface area contributed by atoms with Crippen molar-refractivity contribution in [3.05, 3.63) is 18.5 Å². The molecule has 0 bridgehead atoms. The van der Waals surface area contributed by atoms with E-state index in [1.54, 1.807) is 13.2 Å². The van der Waals surface area contributed by atoms with Crippen LogP contribution >= 0.6 is 11.8 Å². The monoisotopic (exact) mass is 310 g/mol. The molecule has 0 atom stereocenters. The molecule has 0 radical (unpaired) electrons. The standard InChI is InChI=1S/C14H22N4O2S/c1-3-8-18-12(9-20-2)16-17-14(18)21-10-13(19)15-11-6-4-5-7-11/h3,11H,1,4-10H2,2H3,(H,15,19). The Bertz CT molecular complexity index is 483. The number of rotatable bonds is 8. The quantitative estimate of drug-likeness (QED) is 0.585. The zero-order valence-corrected chi connectivity index (χ0v) is 13.2. The molecule has 2 rings (SSSR count). The predicted molar refractivity (Wildman–Crippen MR) is 82.1 cm³/mol. The number of aromatic nitrogens is 3. The molecule has 0 aromatic carbocycles. The highest BCUT2D eigenvalue weighted by molar-refractivity contribution is 7.99. The van der Waals surface area contributed by atoms with Crippen LogP contribution in [0.1, 0.15) is 31.5 Å². The van der Waals surface area contributed by atoms with Crippen LogP contribution in [0.25, 0.3) is 0 Å². The van der Waals surface area contributed by atoms with Crippen LogP contribution < -0.4 is 5.32 Å². The number of nitrogens with zero attached hydrogens (tertiary/aromatic N) is 3. The Morgan fingerprint density at radius 3 is 2.95 bits per heavy atom. The van der Waals surface area contributed by atoms with E-state index >= 15 is 0 Å². The molecule has 1 aromatic rings. The molecule has 1 aliphatic carbocycles. The van der Waals surface area contributed by atoms with Crippen LogP contribution in [0.3, 0.4) is 0 Å². The van der Waals surface area contributed by atoms with Gasteiger partial charge >= 0.3 is 0 Å². The summed E-state index contributed by atoms with van der Waals surface area (Å²) >= 11 is 1.40. The Kier molecular flexibility index (Phi) is 6.25. The van der Waals surface area contributed by atoms with Gasteiger partial charge in [-0.1, -0.05) is 30.7 Å². The van der Waals surface area contributed by atoms with Crippen molar-refractivity contribution in [2.24, 2.45) is 0 Å². The number of ether oxygens (including phenoxy) is 1. The second kappa shape index (κ2) is 8.19. The first-order valence-corrected chi connectivity index (χ1v) is 8.17. The van der Waals surface area contributed by atoms with Crippen LogP contribution in [0.2, 0.25) is 0 Å². The lowest BCUT2D eigenvalue weighted by atomic mass is 10.2. The Morgan fingerprint density at radius 1 is 1.52 bits per heavy atom. The molecular formula is C14H22N4O2S. The third-order valence-corrected chi connectivity index (χ3v) is 4.40. The largest absolute Gasteiger partial charge is 0.377 e. The first kappa shape index (κ1) is 16.0. The van der Waals surface area contributed by atoms with Crippen LogP contribution in [0.15, 0.2) is 17.8 Å². The minimum absolute atomic E-state index is 0.0633. The van der Waals surface area contributed by atoms with Gasteiger partial charge in [0.15, 0.2) is 11.0 Å². The molecular weight excluding hydrogens is 288 g/mol. The van der Waals surface area contributed by atoms with E-state index in [0.29, 0.717) is 24.9 Å². The van der Waals surface area contributed by atoms with Crippen molar-refractivity contribution in [3.63, 3.8) is 0 Å². The van der Waals surface area contributed by atoms with Crippen molar-refractivity contribution >= 4 is 17.7 Å². The highest BCUT2D eigenvalue weighted by Gasteiger charge is 2.18. The lowest BCUT2D eigenvalue weighted by Crippen LogP contribution is -2.33. The number of hydrogen-bond donors (Lipinski definition) is 1. The molecule has 0 unspecified atom stereocenters. The number of nitrogens with one attached hydrogen (secondary N) is 1. The van der Waals surface area contributed by atoms with Crippen LogP contribution in [-0.2, 0) is 22.7 Å². The predicted octanol–water partition coefficient (Wildman–Crippen LogP) is 1.76. The lowest BCUT2D eigenvalue weighted by molar-refractivity contribution is -0.119. The van der Waals surface area contributed by atoms with Gasteiger partial charge in [0.1, 0.15) is 6.61 Å². The molecule has 1 aromatic heterocycles. The fourth-order valence-corrected chi connectivity index (χ4v) is 3.22. The van der Waals surface area contributed by atoms with E-state index in [0.717, 1.165) is 23.8 Å². The molecule has 6 nitrogen and oxygen atoms in total. The summed E-state index contributed by atoms with van der Waals surface area (Å²) in [5.41, 5.74) is 0. The molecule has 1 fully saturated rings. The van der Waals surface area contributed by atoms with E-state index in [1.807, 2.05) is 4.57 Å². The Balaban J connectivity index is 1.89. The topological polar surface area (TPSA) is 69.0 Å². The van der Waals surface area contributed by atoms with E-state index in [9.17, 15) is 4.79 Å². The number of methoxy groups -OCH3 is 1. The van der Waals surface area contributed by atoms with Crippen molar-refractivity contribution in [1.82, 2.24) is 20.1 Å². The third-order valence-electron chi connectivity index (χ3n) is 3.43. The van der Waals surface area contributed by atoms with E-state index < -0.39 is 0 Å². The Labute approximate surface area is 129 Å². The van der Waals surface area contributed by atoms with Crippen LogP contribution in [-0.4, -0.2) is 39.6 Å². The van der Waals surface area contributed by atoms with Gasteiger partial charge in [-0.3, -0.25) is 4.79 Å². The smallest absolute Gasteiger partial charge is 0.230 e. The molecule has 21 heavy (non-hydrogen) atoms. The molecule has 1 amide bonds. The number of carbonyl (C=O) groups is 1. The van der Waals surface area contributed by atoms with E-state index in [1.165, 1.54) is 24.6 Å². The number of carbonyl (C=O) groups excluding carboxylic acids is 1. The molecule has 1 N–H and O–H groups in total. The van der Waals surface area contributed by atoms with Gasteiger partial charge < -0.3 is 14.6 Å². The second-order valence-corrected chi connectivity index (χ2v) is 6.01. The van der Waals surface area contributed by atoms with Gasteiger partial charge in [0.2, 0.25) is 5.91 Å². The highest BCUT2D eigenvalue weighted by atomic mass is 32.2. The lowest BCUT2D eigenvalue weighted by Gasteiger charge is -2.11. The SMILES string of the molecule is C=CCn1c(COC)nnc1SCC(=O)NC1CCCC1. The molecule has 1 saturated carbocycles. The maximum absolute atomic E-state index is 11.9. The van der Waals surface area contributed by atoms with Gasteiger partial charge in [0.05, 0.1) is 5.75 Å². The average molecular weight is 310 g/mol. The molecule has 116 valence electrons. The van der Waals surface area contributed by atoms with Crippen LogP contribution in [0, 0.1) is 0 Å². The summed E-state index contributed by atoms with van der Waals surface area (Å²) in [7, 11) is 1.62. The zero-order valence-electron chi connectivity index (χ0n) is 12.4. The van der Waals surface area contributed by atoms with Gasteiger partial charge in [-0.2, -0.15) is 0 Å². The molecule has 0 saturated heterocycles. The third kappa shape index (κ3) is 4.57.